The first kappa shape index (κ1) is 19.9. The van der Waals surface area contributed by atoms with Crippen molar-refractivity contribution >= 4 is 33.3 Å². The van der Waals surface area contributed by atoms with Gasteiger partial charge in [0.05, 0.1) is 11.1 Å². The molecule has 0 radical (unpaired) electrons. The summed E-state index contributed by atoms with van der Waals surface area (Å²) >= 11 is 3.30. The first-order chi connectivity index (χ1) is 13.3. The predicted molar refractivity (Wildman–Crippen MR) is 104 cm³/mol. The van der Waals surface area contributed by atoms with Gasteiger partial charge in [0.25, 0.3) is 5.91 Å². The van der Waals surface area contributed by atoms with Crippen LogP contribution in [0, 0.1) is 0 Å². The number of aromatic nitrogens is 1. The van der Waals surface area contributed by atoms with Crippen molar-refractivity contribution in [2.45, 2.75) is 12.7 Å². The summed E-state index contributed by atoms with van der Waals surface area (Å²) in [6.07, 6.45) is -3.76. The third-order valence-corrected chi connectivity index (χ3v) is 4.34. The van der Waals surface area contributed by atoms with Gasteiger partial charge in [0.15, 0.2) is 0 Å². The number of amides is 1. The molecule has 0 aliphatic heterocycles. The number of anilines is 2. The van der Waals surface area contributed by atoms with Crippen LogP contribution in [0.3, 0.4) is 0 Å². The summed E-state index contributed by atoms with van der Waals surface area (Å²) in [6, 6.07) is 16.7. The molecule has 3 aromatic rings. The maximum absolute atomic E-state index is 13.5. The molecular formula is C20H15BrF3N3O. The van der Waals surface area contributed by atoms with E-state index in [4.69, 9.17) is 0 Å². The molecule has 0 aliphatic carbocycles. The van der Waals surface area contributed by atoms with Crippen molar-refractivity contribution in [2.24, 2.45) is 0 Å². The minimum absolute atomic E-state index is 0.00923. The lowest BCUT2D eigenvalue weighted by atomic mass is 10.1. The van der Waals surface area contributed by atoms with E-state index in [1.54, 1.807) is 48.5 Å². The summed E-state index contributed by atoms with van der Waals surface area (Å²) < 4.78 is 41.3. The van der Waals surface area contributed by atoms with Crippen molar-refractivity contribution < 1.29 is 18.0 Å². The summed E-state index contributed by atoms with van der Waals surface area (Å²) in [6.45, 7) is 0.120. The van der Waals surface area contributed by atoms with Gasteiger partial charge in [0.2, 0.25) is 0 Å². The minimum atomic E-state index is -4.70. The topological polar surface area (TPSA) is 54.0 Å². The highest BCUT2D eigenvalue weighted by Crippen LogP contribution is 2.33. The van der Waals surface area contributed by atoms with E-state index in [2.05, 4.69) is 31.5 Å². The number of hydrogen-bond donors (Lipinski definition) is 2. The Kier molecular flexibility index (Phi) is 5.99. The highest BCUT2D eigenvalue weighted by molar-refractivity contribution is 9.10. The quantitative estimate of drug-likeness (QED) is 0.537. The van der Waals surface area contributed by atoms with Crippen molar-refractivity contribution in [3.8, 4) is 0 Å². The number of carbonyl (C=O) groups is 1. The SMILES string of the molecule is O=C(NCc1ccccc1)c1cnc(Nc2cccc(Br)c2)cc1C(F)(F)F. The van der Waals surface area contributed by atoms with Crippen molar-refractivity contribution in [3.05, 3.63) is 88.0 Å². The second-order valence-corrected chi connectivity index (χ2v) is 6.83. The molecule has 1 amide bonds. The van der Waals surface area contributed by atoms with Crippen LogP contribution in [-0.4, -0.2) is 10.9 Å². The molecule has 0 aliphatic rings. The normalized spacial score (nSPS) is 11.1. The summed E-state index contributed by atoms with van der Waals surface area (Å²) in [7, 11) is 0. The number of nitrogens with zero attached hydrogens (tertiary/aromatic N) is 1. The van der Waals surface area contributed by atoms with E-state index in [1.165, 1.54) is 0 Å². The fraction of sp³-hybridized carbons (Fsp3) is 0.100. The molecule has 3 rings (SSSR count). The zero-order valence-electron chi connectivity index (χ0n) is 14.4. The maximum atomic E-state index is 13.5. The Morgan fingerprint density at radius 2 is 1.79 bits per heavy atom. The zero-order valence-corrected chi connectivity index (χ0v) is 16.0. The average molecular weight is 450 g/mol. The van der Waals surface area contributed by atoms with E-state index in [-0.39, 0.29) is 12.4 Å². The van der Waals surface area contributed by atoms with E-state index in [1.807, 2.05) is 6.07 Å². The fourth-order valence-electron chi connectivity index (χ4n) is 2.53. The van der Waals surface area contributed by atoms with Crippen LogP contribution < -0.4 is 10.6 Å². The van der Waals surface area contributed by atoms with Gasteiger partial charge in [0, 0.05) is 22.9 Å². The number of alkyl halides is 3. The molecule has 0 saturated carbocycles. The molecule has 0 saturated heterocycles. The Bertz CT molecular complexity index is 978. The molecule has 0 atom stereocenters. The molecule has 4 nitrogen and oxygen atoms in total. The smallest absolute Gasteiger partial charge is 0.348 e. The average Bonchev–Trinajstić information content (AvgIpc) is 2.66. The third-order valence-electron chi connectivity index (χ3n) is 3.85. The summed E-state index contributed by atoms with van der Waals surface area (Å²) in [5.74, 6) is -0.845. The lowest BCUT2D eigenvalue weighted by Gasteiger charge is -2.15. The van der Waals surface area contributed by atoms with Gasteiger partial charge in [-0.1, -0.05) is 52.3 Å². The Labute approximate surface area is 167 Å². The Balaban J connectivity index is 1.83. The molecule has 0 bridgehead atoms. The highest BCUT2D eigenvalue weighted by atomic mass is 79.9. The Morgan fingerprint density at radius 3 is 2.46 bits per heavy atom. The number of halogens is 4. The van der Waals surface area contributed by atoms with Crippen molar-refractivity contribution in [1.29, 1.82) is 0 Å². The number of rotatable bonds is 5. The zero-order chi connectivity index (χ0) is 20.1. The number of carbonyl (C=O) groups excluding carboxylic acids is 1. The van der Waals surface area contributed by atoms with Crippen LogP contribution in [-0.2, 0) is 12.7 Å². The van der Waals surface area contributed by atoms with Crippen LogP contribution in [0.15, 0.2) is 71.3 Å². The second-order valence-electron chi connectivity index (χ2n) is 5.92. The molecule has 1 heterocycles. The van der Waals surface area contributed by atoms with Gasteiger partial charge < -0.3 is 10.6 Å². The van der Waals surface area contributed by atoms with Crippen LogP contribution in [0.2, 0.25) is 0 Å². The molecular weight excluding hydrogens is 435 g/mol. The Morgan fingerprint density at radius 1 is 1.04 bits per heavy atom. The fourth-order valence-corrected chi connectivity index (χ4v) is 2.93. The molecule has 2 aromatic carbocycles. The summed E-state index contributed by atoms with van der Waals surface area (Å²) in [5.41, 5.74) is -0.227. The van der Waals surface area contributed by atoms with Crippen molar-refractivity contribution in [2.75, 3.05) is 5.32 Å². The highest BCUT2D eigenvalue weighted by Gasteiger charge is 2.36. The summed E-state index contributed by atoms with van der Waals surface area (Å²) in [5, 5.41) is 5.31. The first-order valence-electron chi connectivity index (χ1n) is 8.25. The standard InChI is InChI=1S/C20H15BrF3N3O/c21-14-7-4-8-15(9-14)27-18-10-17(20(22,23)24)16(12-25-18)19(28)26-11-13-5-2-1-3-6-13/h1-10,12H,11H2,(H,25,27)(H,26,28). The summed E-state index contributed by atoms with van der Waals surface area (Å²) in [4.78, 5) is 16.3. The van der Waals surface area contributed by atoms with E-state index in [9.17, 15) is 18.0 Å². The molecule has 8 heteroatoms. The minimum Gasteiger partial charge on any atom is -0.348 e. The van der Waals surface area contributed by atoms with E-state index < -0.39 is 23.2 Å². The van der Waals surface area contributed by atoms with Crippen LogP contribution in [0.5, 0.6) is 0 Å². The molecule has 2 N–H and O–H groups in total. The van der Waals surface area contributed by atoms with Crippen LogP contribution in [0.4, 0.5) is 24.7 Å². The monoisotopic (exact) mass is 449 g/mol. The lowest BCUT2D eigenvalue weighted by molar-refractivity contribution is -0.137. The van der Waals surface area contributed by atoms with Gasteiger partial charge in [-0.2, -0.15) is 13.2 Å². The molecule has 1 aromatic heterocycles. The predicted octanol–water partition coefficient (Wildman–Crippen LogP) is 5.54. The van der Waals surface area contributed by atoms with Crippen LogP contribution >= 0.6 is 15.9 Å². The number of hydrogen-bond acceptors (Lipinski definition) is 3. The maximum Gasteiger partial charge on any atom is 0.417 e. The van der Waals surface area contributed by atoms with Crippen LogP contribution in [0.1, 0.15) is 21.5 Å². The molecule has 0 unspecified atom stereocenters. The van der Waals surface area contributed by atoms with Crippen molar-refractivity contribution in [1.82, 2.24) is 10.3 Å². The van der Waals surface area contributed by atoms with Gasteiger partial charge in [-0.05, 0) is 29.8 Å². The van der Waals surface area contributed by atoms with E-state index in [0.717, 1.165) is 22.3 Å². The molecule has 28 heavy (non-hydrogen) atoms. The number of pyridine rings is 1. The Hall–Kier alpha value is -2.87. The second kappa shape index (κ2) is 8.43. The largest absolute Gasteiger partial charge is 0.417 e. The van der Waals surface area contributed by atoms with Gasteiger partial charge >= 0.3 is 6.18 Å². The van der Waals surface area contributed by atoms with Crippen LogP contribution in [0.25, 0.3) is 0 Å². The van der Waals surface area contributed by atoms with Gasteiger partial charge in [0.1, 0.15) is 5.82 Å². The molecule has 144 valence electrons. The lowest BCUT2D eigenvalue weighted by Crippen LogP contribution is -2.26. The van der Waals surface area contributed by atoms with E-state index >= 15 is 0 Å². The third kappa shape index (κ3) is 5.10. The van der Waals surface area contributed by atoms with Gasteiger partial charge in [-0.3, -0.25) is 4.79 Å². The van der Waals surface area contributed by atoms with E-state index in [0.29, 0.717) is 5.69 Å². The first-order valence-corrected chi connectivity index (χ1v) is 9.04. The molecule has 0 spiro atoms. The van der Waals surface area contributed by atoms with Gasteiger partial charge in [-0.15, -0.1) is 0 Å². The van der Waals surface area contributed by atoms with Gasteiger partial charge in [-0.25, -0.2) is 4.98 Å². The number of benzene rings is 2. The molecule has 0 fully saturated rings. The number of nitrogens with one attached hydrogen (secondary N) is 2. The van der Waals surface area contributed by atoms with Crippen molar-refractivity contribution in [3.63, 3.8) is 0 Å².